The van der Waals surface area contributed by atoms with E-state index in [-0.39, 0.29) is 11.9 Å². The summed E-state index contributed by atoms with van der Waals surface area (Å²) in [4.78, 5) is 13.1. The van der Waals surface area contributed by atoms with Crippen LogP contribution in [0.5, 0.6) is 0 Å². The number of halogens is 1. The van der Waals surface area contributed by atoms with Gasteiger partial charge in [-0.2, -0.15) is 0 Å². The predicted molar refractivity (Wildman–Crippen MR) is 56.4 cm³/mol. The Bertz CT molecular complexity index is 211. The van der Waals surface area contributed by atoms with Gasteiger partial charge in [0.1, 0.15) is 6.17 Å². The topological polar surface area (TPSA) is 29.5 Å². The lowest BCUT2D eigenvalue weighted by molar-refractivity contribution is -0.141. The van der Waals surface area contributed by atoms with Gasteiger partial charge in [-0.1, -0.05) is 0 Å². The molecule has 88 valence electrons. The van der Waals surface area contributed by atoms with Gasteiger partial charge in [0.2, 0.25) is 0 Å². The Morgan fingerprint density at radius 2 is 2.13 bits per heavy atom. The minimum Gasteiger partial charge on any atom is -0.469 e. The van der Waals surface area contributed by atoms with Crippen LogP contribution in [0.3, 0.4) is 0 Å². The van der Waals surface area contributed by atoms with Crippen molar-refractivity contribution >= 4 is 5.97 Å². The van der Waals surface area contributed by atoms with E-state index in [0.717, 1.165) is 19.5 Å². The first-order valence-electron chi connectivity index (χ1n) is 5.53. The summed E-state index contributed by atoms with van der Waals surface area (Å²) in [5.74, 6) is -0.214. The Morgan fingerprint density at radius 3 is 2.80 bits per heavy atom. The molecule has 0 aliphatic carbocycles. The van der Waals surface area contributed by atoms with Gasteiger partial charge >= 0.3 is 5.97 Å². The van der Waals surface area contributed by atoms with Crippen LogP contribution in [0.1, 0.15) is 25.7 Å². The molecule has 1 aliphatic rings. The predicted octanol–water partition coefficient (Wildman–Crippen LogP) is 1.62. The highest BCUT2D eigenvalue weighted by molar-refractivity contribution is 5.69. The lowest BCUT2D eigenvalue weighted by Gasteiger charge is -2.16. The molecule has 15 heavy (non-hydrogen) atoms. The van der Waals surface area contributed by atoms with Crippen molar-refractivity contribution in [2.45, 2.75) is 31.9 Å². The van der Waals surface area contributed by atoms with E-state index >= 15 is 0 Å². The highest BCUT2D eigenvalue weighted by atomic mass is 19.1. The first kappa shape index (κ1) is 12.4. The molecule has 4 heteroatoms. The summed E-state index contributed by atoms with van der Waals surface area (Å²) >= 11 is 0. The third-order valence-electron chi connectivity index (χ3n) is 3.13. The van der Waals surface area contributed by atoms with Crippen molar-refractivity contribution in [3.8, 4) is 0 Å². The Labute approximate surface area is 90.6 Å². The van der Waals surface area contributed by atoms with E-state index in [1.807, 2.05) is 7.05 Å². The summed E-state index contributed by atoms with van der Waals surface area (Å²) in [5.41, 5.74) is 0. The summed E-state index contributed by atoms with van der Waals surface area (Å²) in [6.07, 6.45) is 1.61. The second-order valence-electron chi connectivity index (χ2n) is 4.27. The van der Waals surface area contributed by atoms with E-state index in [1.165, 1.54) is 7.11 Å². The van der Waals surface area contributed by atoms with Crippen LogP contribution in [0.25, 0.3) is 0 Å². The summed E-state index contributed by atoms with van der Waals surface area (Å²) in [5, 5.41) is 0. The number of carbonyl (C=O) groups excluding carboxylic acids is 1. The minimum absolute atomic E-state index is 0.0223. The van der Waals surface area contributed by atoms with Gasteiger partial charge in [0.15, 0.2) is 0 Å². The number of esters is 1. The molecule has 1 saturated heterocycles. The number of ether oxygens (including phenoxy) is 1. The van der Waals surface area contributed by atoms with Gasteiger partial charge < -0.3 is 9.64 Å². The van der Waals surface area contributed by atoms with Gasteiger partial charge in [-0.25, -0.2) is 4.39 Å². The second-order valence-corrected chi connectivity index (χ2v) is 4.27. The second kappa shape index (κ2) is 6.05. The number of likely N-dealkylation sites (tertiary alicyclic amines) is 1. The van der Waals surface area contributed by atoms with Crippen molar-refractivity contribution in [2.24, 2.45) is 5.92 Å². The molecule has 0 aromatic heterocycles. The van der Waals surface area contributed by atoms with E-state index in [0.29, 0.717) is 19.3 Å². The fraction of sp³-hybridized carbons (Fsp3) is 0.909. The van der Waals surface area contributed by atoms with Crippen LogP contribution in [-0.2, 0) is 9.53 Å². The van der Waals surface area contributed by atoms with Crippen LogP contribution in [0.4, 0.5) is 4.39 Å². The van der Waals surface area contributed by atoms with E-state index in [9.17, 15) is 9.18 Å². The van der Waals surface area contributed by atoms with Crippen molar-refractivity contribution in [1.29, 1.82) is 0 Å². The number of hydrogen-bond acceptors (Lipinski definition) is 3. The molecule has 0 N–H and O–H groups in total. The SMILES string of the molecule is COC(=O)CC[C@H]1CCN(C)CC[C@H]1F. The average molecular weight is 217 g/mol. The van der Waals surface area contributed by atoms with E-state index in [4.69, 9.17) is 0 Å². The largest absolute Gasteiger partial charge is 0.469 e. The summed E-state index contributed by atoms with van der Waals surface area (Å²) in [6, 6.07) is 0. The van der Waals surface area contributed by atoms with E-state index < -0.39 is 6.17 Å². The van der Waals surface area contributed by atoms with Crippen LogP contribution in [-0.4, -0.2) is 44.3 Å². The highest BCUT2D eigenvalue weighted by Gasteiger charge is 2.25. The number of hydrogen-bond donors (Lipinski definition) is 0. The Morgan fingerprint density at radius 1 is 1.47 bits per heavy atom. The Balaban J connectivity index is 2.35. The maximum absolute atomic E-state index is 13.7. The molecule has 1 rings (SSSR count). The minimum atomic E-state index is -0.764. The van der Waals surface area contributed by atoms with Crippen molar-refractivity contribution < 1.29 is 13.9 Å². The highest BCUT2D eigenvalue weighted by Crippen LogP contribution is 2.24. The zero-order valence-corrected chi connectivity index (χ0v) is 9.54. The van der Waals surface area contributed by atoms with Gasteiger partial charge in [-0.15, -0.1) is 0 Å². The van der Waals surface area contributed by atoms with E-state index in [1.54, 1.807) is 0 Å². The van der Waals surface area contributed by atoms with Crippen LogP contribution >= 0.6 is 0 Å². The molecule has 1 heterocycles. The standard InChI is InChI=1S/C11H20FNO2/c1-13-7-5-9(10(12)6-8-13)3-4-11(14)15-2/h9-10H,3-8H2,1-2H3/t9-,10+/m0/s1. The fourth-order valence-electron chi connectivity index (χ4n) is 1.99. The van der Waals surface area contributed by atoms with Crippen molar-refractivity contribution in [3.05, 3.63) is 0 Å². The maximum atomic E-state index is 13.7. The fourth-order valence-corrected chi connectivity index (χ4v) is 1.99. The quantitative estimate of drug-likeness (QED) is 0.673. The van der Waals surface area contributed by atoms with Crippen molar-refractivity contribution in [3.63, 3.8) is 0 Å². The third-order valence-corrected chi connectivity index (χ3v) is 3.13. The number of nitrogens with zero attached hydrogens (tertiary/aromatic N) is 1. The average Bonchev–Trinajstić information content (AvgIpc) is 2.39. The summed E-state index contributed by atoms with van der Waals surface area (Å²) in [7, 11) is 3.38. The molecule has 1 fully saturated rings. The smallest absolute Gasteiger partial charge is 0.305 e. The molecular formula is C11H20FNO2. The molecule has 0 amide bonds. The van der Waals surface area contributed by atoms with Crippen LogP contribution in [0, 0.1) is 5.92 Å². The van der Waals surface area contributed by atoms with E-state index in [2.05, 4.69) is 9.64 Å². The Kier molecular flexibility index (Phi) is 5.02. The lowest BCUT2D eigenvalue weighted by Crippen LogP contribution is -2.19. The number of carbonyl (C=O) groups is 1. The molecular weight excluding hydrogens is 197 g/mol. The normalized spacial score (nSPS) is 28.5. The molecule has 0 bridgehead atoms. The molecule has 0 radical (unpaired) electrons. The van der Waals surface area contributed by atoms with Crippen molar-refractivity contribution in [2.75, 3.05) is 27.2 Å². The van der Waals surface area contributed by atoms with Gasteiger partial charge in [-0.05, 0) is 38.8 Å². The van der Waals surface area contributed by atoms with Crippen LogP contribution in [0.2, 0.25) is 0 Å². The monoisotopic (exact) mass is 217 g/mol. The number of alkyl halides is 1. The zero-order chi connectivity index (χ0) is 11.3. The molecule has 1 aliphatic heterocycles. The third kappa shape index (κ3) is 4.16. The van der Waals surface area contributed by atoms with Gasteiger partial charge in [-0.3, -0.25) is 4.79 Å². The van der Waals surface area contributed by atoms with Gasteiger partial charge in [0, 0.05) is 13.0 Å². The molecule has 0 spiro atoms. The first-order chi connectivity index (χ1) is 7.13. The summed E-state index contributed by atoms with van der Waals surface area (Å²) in [6.45, 7) is 1.74. The van der Waals surface area contributed by atoms with Gasteiger partial charge in [0.25, 0.3) is 0 Å². The number of rotatable bonds is 3. The van der Waals surface area contributed by atoms with Crippen LogP contribution in [0.15, 0.2) is 0 Å². The summed E-state index contributed by atoms with van der Waals surface area (Å²) < 4.78 is 18.2. The molecule has 0 aromatic carbocycles. The van der Waals surface area contributed by atoms with Crippen molar-refractivity contribution in [1.82, 2.24) is 4.90 Å². The molecule has 0 aromatic rings. The van der Waals surface area contributed by atoms with Gasteiger partial charge in [0.05, 0.1) is 7.11 Å². The molecule has 0 unspecified atom stereocenters. The molecule has 2 atom stereocenters. The first-order valence-corrected chi connectivity index (χ1v) is 5.53. The lowest BCUT2D eigenvalue weighted by atomic mass is 9.93. The Hall–Kier alpha value is -0.640. The number of methoxy groups -OCH3 is 1. The zero-order valence-electron chi connectivity index (χ0n) is 9.54. The molecule has 0 saturated carbocycles. The van der Waals surface area contributed by atoms with Crippen LogP contribution < -0.4 is 0 Å². The maximum Gasteiger partial charge on any atom is 0.305 e. The molecule has 3 nitrogen and oxygen atoms in total.